The Balaban J connectivity index is 1.88. The molecule has 29 heavy (non-hydrogen) atoms. The van der Waals surface area contributed by atoms with E-state index in [4.69, 9.17) is 10.5 Å². The first-order valence-corrected chi connectivity index (χ1v) is 10.4. The minimum Gasteiger partial charge on any atom is -0.477 e. The number of primary amides is 1. The van der Waals surface area contributed by atoms with Gasteiger partial charge in [-0.05, 0) is 11.4 Å². The van der Waals surface area contributed by atoms with Crippen LogP contribution in [-0.4, -0.2) is 68.7 Å². The zero-order chi connectivity index (χ0) is 21.3. The van der Waals surface area contributed by atoms with Crippen LogP contribution < -0.4 is 11.1 Å². The van der Waals surface area contributed by atoms with E-state index >= 15 is 0 Å². The molecule has 1 aromatic heterocycles. The van der Waals surface area contributed by atoms with Gasteiger partial charge in [0, 0.05) is 17.6 Å². The number of nitrogens with one attached hydrogen (secondary N) is 1. The monoisotopic (exact) mass is 443 g/mol. The van der Waals surface area contributed by atoms with Crippen molar-refractivity contribution < 1.29 is 38.0 Å². The first-order chi connectivity index (χ1) is 13.7. The Morgan fingerprint density at radius 2 is 2.21 bits per heavy atom. The van der Waals surface area contributed by atoms with E-state index in [1.165, 1.54) is 11.3 Å². The number of carbonyl (C=O) groups excluding carboxylic acids is 3. The summed E-state index contributed by atoms with van der Waals surface area (Å²) in [5.74, 6) is -3.19. The molecule has 156 valence electrons. The van der Waals surface area contributed by atoms with Crippen LogP contribution in [-0.2, 0) is 41.1 Å². The minimum absolute atomic E-state index is 0.0191. The van der Waals surface area contributed by atoms with Gasteiger partial charge in [0.15, 0.2) is 5.37 Å². The Labute approximate surface area is 170 Å². The highest BCUT2D eigenvalue weighted by atomic mass is 32.2. The number of ether oxygens (including phenoxy) is 2. The number of hydrogen-bond acceptors (Lipinski definition) is 8. The Morgan fingerprint density at radius 1 is 1.48 bits per heavy atom. The number of fused-ring (bicyclic) bond motifs is 1. The van der Waals surface area contributed by atoms with Gasteiger partial charge in [-0.2, -0.15) is 0 Å². The molecule has 0 aromatic carbocycles. The number of carbonyl (C=O) groups is 4. The lowest BCUT2D eigenvalue weighted by Crippen LogP contribution is -2.83. The normalized spacial score (nSPS) is 25.8. The molecule has 13 heteroatoms. The smallest absolute Gasteiger partial charge is 0.404 e. The van der Waals surface area contributed by atoms with E-state index in [0.29, 0.717) is 0 Å². The van der Waals surface area contributed by atoms with Crippen LogP contribution in [0.25, 0.3) is 0 Å². The molecule has 2 aliphatic rings. The molecule has 0 aliphatic carbocycles. The number of thiophene rings is 1. The Kier molecular flexibility index (Phi) is 5.73. The summed E-state index contributed by atoms with van der Waals surface area (Å²) in [4.78, 5) is 49.4. The molecular weight excluding hydrogens is 426 g/mol. The molecule has 0 saturated carbocycles. The highest BCUT2D eigenvalue weighted by Crippen LogP contribution is 2.42. The van der Waals surface area contributed by atoms with Crippen LogP contribution in [0.1, 0.15) is 4.88 Å². The number of carboxylic acids is 1. The van der Waals surface area contributed by atoms with Crippen LogP contribution >= 0.6 is 11.3 Å². The zero-order valence-electron chi connectivity index (χ0n) is 15.1. The number of rotatable bonds is 7. The number of hydrogen-bond donors (Lipinski definition) is 3. The molecule has 1 saturated heterocycles. The first-order valence-electron chi connectivity index (χ1n) is 8.18. The first kappa shape index (κ1) is 21.0. The number of amides is 3. The van der Waals surface area contributed by atoms with Crippen LogP contribution in [0.15, 0.2) is 28.8 Å². The second-order valence-electron chi connectivity index (χ2n) is 6.16. The molecule has 3 atom stereocenters. The maximum Gasteiger partial charge on any atom is 0.404 e. The summed E-state index contributed by atoms with van der Waals surface area (Å²) in [6.45, 7) is -0.524. The predicted molar refractivity (Wildman–Crippen MR) is 99.7 cm³/mol. The third-order valence-corrected chi connectivity index (χ3v) is 6.96. The highest BCUT2D eigenvalue weighted by Gasteiger charge is 2.69. The van der Waals surface area contributed by atoms with Crippen LogP contribution in [0.5, 0.6) is 0 Å². The van der Waals surface area contributed by atoms with E-state index in [-0.39, 0.29) is 17.7 Å². The molecule has 3 rings (SSSR count). The van der Waals surface area contributed by atoms with E-state index in [2.05, 4.69) is 10.1 Å². The van der Waals surface area contributed by atoms with Crippen molar-refractivity contribution in [3.8, 4) is 0 Å². The maximum absolute atomic E-state index is 12.9. The van der Waals surface area contributed by atoms with Crippen molar-refractivity contribution in [2.24, 2.45) is 5.73 Å². The van der Waals surface area contributed by atoms with Gasteiger partial charge in [0.2, 0.25) is 5.91 Å². The Bertz CT molecular complexity index is 929. The second kappa shape index (κ2) is 7.93. The summed E-state index contributed by atoms with van der Waals surface area (Å²) in [7, 11) is -0.680. The molecule has 3 heterocycles. The van der Waals surface area contributed by atoms with E-state index in [1.807, 2.05) is 0 Å². The number of carboxylic acid groups (broad SMARTS) is 1. The minimum atomic E-state index is -1.95. The van der Waals surface area contributed by atoms with Crippen LogP contribution in [0, 0.1) is 0 Å². The predicted octanol–water partition coefficient (Wildman–Crippen LogP) is -0.886. The topological polar surface area (TPSA) is 165 Å². The molecule has 1 fully saturated rings. The number of β-lactam (4-membered cyclic amide) rings is 1. The van der Waals surface area contributed by atoms with Gasteiger partial charge in [-0.1, -0.05) is 6.07 Å². The van der Waals surface area contributed by atoms with E-state index in [1.54, 1.807) is 17.5 Å². The van der Waals surface area contributed by atoms with Crippen molar-refractivity contribution in [2.75, 3.05) is 19.5 Å². The van der Waals surface area contributed by atoms with E-state index in [9.17, 15) is 28.5 Å². The number of aliphatic carboxylic acids is 1. The molecule has 0 bridgehead atoms. The lowest BCUT2D eigenvalue weighted by molar-refractivity contribution is -0.193. The van der Waals surface area contributed by atoms with Gasteiger partial charge < -0.3 is 25.6 Å². The molecule has 2 aliphatic heterocycles. The summed E-state index contributed by atoms with van der Waals surface area (Å²) in [5.41, 5.74) is 2.44. The molecular formula is C16H17N3O8S2. The maximum atomic E-state index is 12.9. The van der Waals surface area contributed by atoms with Gasteiger partial charge in [0.25, 0.3) is 11.6 Å². The van der Waals surface area contributed by atoms with Crippen LogP contribution in [0.3, 0.4) is 0 Å². The van der Waals surface area contributed by atoms with Crippen molar-refractivity contribution in [3.05, 3.63) is 33.7 Å². The van der Waals surface area contributed by atoms with Crippen molar-refractivity contribution >= 4 is 46.0 Å². The molecule has 1 unspecified atom stereocenters. The quantitative estimate of drug-likeness (QED) is 0.361. The van der Waals surface area contributed by atoms with E-state index < -0.39 is 58.1 Å². The molecule has 0 radical (unpaired) electrons. The average Bonchev–Trinajstić information content (AvgIpc) is 3.16. The third kappa shape index (κ3) is 3.63. The van der Waals surface area contributed by atoms with Gasteiger partial charge in [-0.25, -0.2) is 9.59 Å². The lowest BCUT2D eigenvalue weighted by Gasteiger charge is -2.55. The van der Waals surface area contributed by atoms with E-state index in [0.717, 1.165) is 16.9 Å². The molecule has 3 amide bonds. The summed E-state index contributed by atoms with van der Waals surface area (Å²) in [6.07, 6.45) is -1.16. The van der Waals surface area contributed by atoms with Gasteiger partial charge in [-0.15, -0.1) is 11.3 Å². The fourth-order valence-electron chi connectivity index (χ4n) is 3.22. The fourth-order valence-corrected chi connectivity index (χ4v) is 5.70. The molecule has 1 aromatic rings. The van der Waals surface area contributed by atoms with Crippen LogP contribution in [0.4, 0.5) is 4.79 Å². The summed E-state index contributed by atoms with van der Waals surface area (Å²) in [5, 5.41) is 12.6. The van der Waals surface area contributed by atoms with Gasteiger partial charge >= 0.3 is 12.1 Å². The van der Waals surface area contributed by atoms with Gasteiger partial charge in [0.05, 0.1) is 23.0 Å². The molecule has 0 spiro atoms. The number of methoxy groups -OCH3 is 1. The Hall–Kier alpha value is -2.77. The summed E-state index contributed by atoms with van der Waals surface area (Å²) in [6, 6.07) is 3.51. The largest absolute Gasteiger partial charge is 0.477 e. The zero-order valence-corrected chi connectivity index (χ0v) is 16.7. The van der Waals surface area contributed by atoms with Crippen molar-refractivity contribution in [1.82, 2.24) is 10.2 Å². The van der Waals surface area contributed by atoms with Crippen molar-refractivity contribution in [1.29, 1.82) is 0 Å². The van der Waals surface area contributed by atoms with Crippen molar-refractivity contribution in [2.45, 2.75) is 17.5 Å². The SMILES string of the molecule is CO[C@@]1(NC(=O)Cc2cccs2)C(=O)N2C(C(=O)O)=C(COC(N)=O)CS(=O)[C@@H]21. The average molecular weight is 443 g/mol. The standard InChI is InChI=1S/C16H17N3O8S2/c1-26-16(18-10(20)5-9-3-2-4-28-9)13(23)19-11(12(21)22)8(6-27-15(17)24)7-29(25)14(16)19/h2-4,14H,5-7H2,1H3,(H2,17,24)(H,18,20)(H,21,22)/t14-,16+,29?/m1/s1. The van der Waals surface area contributed by atoms with Crippen molar-refractivity contribution in [3.63, 3.8) is 0 Å². The third-order valence-electron chi connectivity index (χ3n) is 4.41. The summed E-state index contributed by atoms with van der Waals surface area (Å²) < 4.78 is 22.6. The highest BCUT2D eigenvalue weighted by molar-refractivity contribution is 7.86. The number of nitrogens with two attached hydrogens (primary N) is 1. The number of nitrogens with zero attached hydrogens (tertiary/aromatic N) is 1. The fraction of sp³-hybridized carbons (Fsp3) is 0.375. The van der Waals surface area contributed by atoms with Gasteiger partial charge in [-0.3, -0.25) is 18.7 Å². The second-order valence-corrected chi connectivity index (χ2v) is 8.69. The van der Waals surface area contributed by atoms with Gasteiger partial charge in [0.1, 0.15) is 12.3 Å². The Morgan fingerprint density at radius 3 is 2.76 bits per heavy atom. The molecule has 4 N–H and O–H groups in total. The van der Waals surface area contributed by atoms with Crippen LogP contribution in [0.2, 0.25) is 0 Å². The summed E-state index contributed by atoms with van der Waals surface area (Å²) >= 11 is 1.35. The molecule has 11 nitrogen and oxygen atoms in total. The lowest BCUT2D eigenvalue weighted by atomic mass is 9.98.